The van der Waals surface area contributed by atoms with Crippen molar-refractivity contribution in [2.75, 3.05) is 0 Å². The maximum atomic E-state index is 6.84. The molecule has 2 aliphatic rings. The van der Waals surface area contributed by atoms with Gasteiger partial charge in [-0.15, -0.1) is 0 Å². The molecule has 7 aromatic carbocycles. The summed E-state index contributed by atoms with van der Waals surface area (Å²) in [6.45, 7) is 0. The number of aliphatic imine (C=N–C) groups is 2. The van der Waals surface area contributed by atoms with E-state index in [1.54, 1.807) is 0 Å². The molecule has 1 atom stereocenters. The Morgan fingerprint density at radius 2 is 1.28 bits per heavy atom. The van der Waals surface area contributed by atoms with Crippen molar-refractivity contribution in [2.45, 2.75) is 19.0 Å². The first kappa shape index (κ1) is 31.9. The van der Waals surface area contributed by atoms with Crippen LogP contribution in [-0.2, 0) is 0 Å². The minimum atomic E-state index is -0.267. The number of benzene rings is 7. The molecule has 1 aliphatic carbocycles. The van der Waals surface area contributed by atoms with Gasteiger partial charge in [0.25, 0.3) is 0 Å². The van der Waals surface area contributed by atoms with Crippen LogP contribution in [0.4, 0.5) is 0 Å². The third kappa shape index (κ3) is 5.04. The fraction of sp³-hybridized carbons (Fsp3) is 0.0588. The first-order valence-electron chi connectivity index (χ1n) is 19.5. The van der Waals surface area contributed by atoms with Crippen molar-refractivity contribution in [2.24, 2.45) is 9.98 Å². The predicted octanol–water partition coefficient (Wildman–Crippen LogP) is 11.0. The number of amidine groups is 2. The zero-order valence-electron chi connectivity index (χ0n) is 30.8. The lowest BCUT2D eigenvalue weighted by Gasteiger charge is -2.25. The monoisotopic (exact) mass is 734 g/mol. The second-order valence-electron chi connectivity index (χ2n) is 14.8. The molecule has 6 nitrogen and oxygen atoms in total. The SMILES string of the molecule is C1=c2c(oc3cc(-c4ccc5oc6cccc(-n7c8ccccc8c8ccccc87)c6c5c4)ccc23)=C(C2=NC(c3ccccc3)=NC(c3ccccc3)N2)CC1. The summed E-state index contributed by atoms with van der Waals surface area (Å²) in [4.78, 5) is 10.2. The van der Waals surface area contributed by atoms with E-state index in [1.807, 2.05) is 24.3 Å². The van der Waals surface area contributed by atoms with Crippen molar-refractivity contribution in [3.05, 3.63) is 186 Å². The lowest BCUT2D eigenvalue weighted by atomic mass is 9.99. The summed E-state index contributed by atoms with van der Waals surface area (Å²) >= 11 is 0. The molecular formula is C51H34N4O2. The predicted molar refractivity (Wildman–Crippen MR) is 232 cm³/mol. The number of furan rings is 2. The van der Waals surface area contributed by atoms with Crippen LogP contribution in [0.2, 0.25) is 0 Å². The molecule has 3 aromatic heterocycles. The van der Waals surface area contributed by atoms with Crippen LogP contribution in [0, 0.1) is 0 Å². The van der Waals surface area contributed by atoms with Crippen LogP contribution in [0.1, 0.15) is 30.1 Å². The Labute approximate surface area is 327 Å². The van der Waals surface area contributed by atoms with E-state index in [1.165, 1.54) is 21.8 Å². The van der Waals surface area contributed by atoms with E-state index in [2.05, 4.69) is 155 Å². The van der Waals surface area contributed by atoms with E-state index in [-0.39, 0.29) is 6.17 Å². The maximum Gasteiger partial charge on any atom is 0.159 e. The van der Waals surface area contributed by atoms with Gasteiger partial charge in [-0.2, -0.15) is 0 Å². The molecule has 0 fully saturated rings. The molecule has 0 saturated carbocycles. The Morgan fingerprint density at radius 3 is 2.09 bits per heavy atom. The average molecular weight is 735 g/mol. The number of fused-ring (bicyclic) bond motifs is 9. The highest BCUT2D eigenvalue weighted by molar-refractivity contribution is 6.23. The first-order chi connectivity index (χ1) is 28.2. The summed E-state index contributed by atoms with van der Waals surface area (Å²) in [5.41, 5.74) is 12.2. The fourth-order valence-corrected chi connectivity index (χ4v) is 8.90. The van der Waals surface area contributed by atoms with Gasteiger partial charge in [0.1, 0.15) is 34.2 Å². The van der Waals surface area contributed by atoms with Crippen molar-refractivity contribution in [3.8, 4) is 16.8 Å². The fourth-order valence-electron chi connectivity index (χ4n) is 8.90. The Bertz CT molecular complexity index is 3390. The summed E-state index contributed by atoms with van der Waals surface area (Å²) in [5.74, 6) is 1.52. The molecule has 1 unspecified atom stereocenters. The van der Waals surface area contributed by atoms with Crippen molar-refractivity contribution in [1.29, 1.82) is 0 Å². The van der Waals surface area contributed by atoms with Gasteiger partial charge >= 0.3 is 0 Å². The van der Waals surface area contributed by atoms with Gasteiger partial charge in [0.05, 0.1) is 22.1 Å². The third-order valence-corrected chi connectivity index (χ3v) is 11.5. The van der Waals surface area contributed by atoms with E-state index in [9.17, 15) is 0 Å². The number of hydrogen-bond donors (Lipinski definition) is 1. The van der Waals surface area contributed by atoms with Gasteiger partial charge in [-0.25, -0.2) is 9.98 Å². The number of rotatable bonds is 5. The van der Waals surface area contributed by atoms with Crippen molar-refractivity contribution >= 4 is 78.0 Å². The van der Waals surface area contributed by atoms with Gasteiger partial charge in [-0.1, -0.05) is 121 Å². The minimum Gasteiger partial charge on any atom is -0.456 e. The summed E-state index contributed by atoms with van der Waals surface area (Å²) < 4.78 is 15.7. The van der Waals surface area contributed by atoms with Crippen LogP contribution in [-0.4, -0.2) is 16.2 Å². The second-order valence-corrected chi connectivity index (χ2v) is 14.8. The smallest absolute Gasteiger partial charge is 0.159 e. The standard InChI is InChI=1S/C51H34N4O2/c1-3-13-31(14-4-1)49-52-50(32-15-5-2-6-16-32)54-51(53-49)39-20-11-19-38-37-27-25-34(30-46(37)57-48(38)39)33-26-28-44-40(29-33)47-43(23-12-24-45(47)56-44)55-41-21-9-7-17-35(41)36-18-8-10-22-42(36)55/h1-10,12-19,21-30,49H,11,20H2,(H,52,53,54). The largest absolute Gasteiger partial charge is 0.456 e. The molecule has 1 aliphatic heterocycles. The van der Waals surface area contributed by atoms with Gasteiger partial charge in [0.15, 0.2) is 5.84 Å². The van der Waals surface area contributed by atoms with Gasteiger partial charge in [-0.05, 0) is 78.1 Å². The highest BCUT2D eigenvalue weighted by Gasteiger charge is 2.25. The summed E-state index contributed by atoms with van der Waals surface area (Å²) in [5, 5.41) is 10.5. The maximum absolute atomic E-state index is 6.84. The summed E-state index contributed by atoms with van der Waals surface area (Å²) in [6.07, 6.45) is 3.74. The number of aromatic nitrogens is 1. The number of hydrogen-bond acceptors (Lipinski definition) is 5. The highest BCUT2D eigenvalue weighted by atomic mass is 16.3. The van der Waals surface area contributed by atoms with Gasteiger partial charge < -0.3 is 18.7 Å². The molecule has 0 saturated heterocycles. The molecule has 57 heavy (non-hydrogen) atoms. The van der Waals surface area contributed by atoms with Crippen molar-refractivity contribution < 1.29 is 8.83 Å². The molecule has 0 spiro atoms. The molecule has 12 rings (SSSR count). The normalized spacial score (nSPS) is 15.5. The van der Waals surface area contributed by atoms with Crippen molar-refractivity contribution in [1.82, 2.24) is 9.88 Å². The molecular weight excluding hydrogens is 701 g/mol. The zero-order valence-corrected chi connectivity index (χ0v) is 30.8. The molecule has 0 bridgehead atoms. The minimum absolute atomic E-state index is 0.267. The van der Waals surface area contributed by atoms with E-state index in [0.29, 0.717) is 5.84 Å². The molecule has 0 amide bonds. The summed E-state index contributed by atoms with van der Waals surface area (Å²) in [6, 6.07) is 57.3. The number of nitrogens with one attached hydrogen (secondary N) is 1. The van der Waals surface area contributed by atoms with Crippen LogP contribution in [0.3, 0.4) is 0 Å². The number of para-hydroxylation sites is 2. The Kier molecular flexibility index (Phi) is 7.01. The molecule has 10 aromatic rings. The quantitative estimate of drug-likeness (QED) is 0.191. The average Bonchev–Trinajstić information content (AvgIpc) is 3.96. The zero-order chi connectivity index (χ0) is 37.5. The molecule has 4 heterocycles. The second kappa shape index (κ2) is 12.5. The first-order valence-corrected chi connectivity index (χ1v) is 19.5. The van der Waals surface area contributed by atoms with Gasteiger partial charge in [0.2, 0.25) is 0 Å². The Balaban J connectivity index is 0.996. The topological polar surface area (TPSA) is 68.0 Å². The van der Waals surface area contributed by atoms with Crippen LogP contribution in [0.25, 0.3) is 83.2 Å². The van der Waals surface area contributed by atoms with Crippen LogP contribution in [0.15, 0.2) is 183 Å². The van der Waals surface area contributed by atoms with Crippen LogP contribution >= 0.6 is 0 Å². The third-order valence-electron chi connectivity index (χ3n) is 11.5. The van der Waals surface area contributed by atoms with Crippen LogP contribution in [0.5, 0.6) is 0 Å². The van der Waals surface area contributed by atoms with E-state index >= 15 is 0 Å². The molecule has 1 N–H and O–H groups in total. The summed E-state index contributed by atoms with van der Waals surface area (Å²) in [7, 11) is 0. The highest BCUT2D eigenvalue weighted by Crippen LogP contribution is 2.40. The van der Waals surface area contributed by atoms with Crippen LogP contribution < -0.4 is 16.0 Å². The van der Waals surface area contributed by atoms with Crippen molar-refractivity contribution in [3.63, 3.8) is 0 Å². The molecule has 0 radical (unpaired) electrons. The Morgan fingerprint density at radius 1 is 0.561 bits per heavy atom. The molecule has 270 valence electrons. The lowest BCUT2D eigenvalue weighted by Crippen LogP contribution is -2.39. The van der Waals surface area contributed by atoms with E-state index in [4.69, 9.17) is 18.8 Å². The molecule has 6 heteroatoms. The Hall–Kier alpha value is -7.44. The van der Waals surface area contributed by atoms with E-state index < -0.39 is 0 Å². The lowest BCUT2D eigenvalue weighted by molar-refractivity contribution is 0.568. The van der Waals surface area contributed by atoms with Gasteiger partial charge in [0, 0.05) is 37.9 Å². The number of nitrogens with zero attached hydrogens (tertiary/aromatic N) is 3. The van der Waals surface area contributed by atoms with E-state index in [0.717, 1.165) is 95.7 Å². The van der Waals surface area contributed by atoms with Gasteiger partial charge in [-0.3, -0.25) is 0 Å².